The third-order valence-electron chi connectivity index (χ3n) is 4.18. The van der Waals surface area contributed by atoms with Crippen molar-refractivity contribution in [3.8, 4) is 0 Å². The Morgan fingerprint density at radius 3 is 2.58 bits per heavy atom. The van der Waals surface area contributed by atoms with Crippen molar-refractivity contribution in [2.75, 3.05) is 0 Å². The van der Waals surface area contributed by atoms with E-state index in [1.807, 2.05) is 6.92 Å². The molecule has 0 unspecified atom stereocenters. The second kappa shape index (κ2) is 6.99. The molecular weight excluding hydrogens is 369 g/mol. The summed E-state index contributed by atoms with van der Waals surface area (Å²) in [5.74, 6) is 1.57. The van der Waals surface area contributed by atoms with Gasteiger partial charge < -0.3 is 0 Å². The Balaban J connectivity index is 1.69. The zero-order valence-corrected chi connectivity index (χ0v) is 14.9. The lowest BCUT2D eigenvalue weighted by Gasteiger charge is -2.23. The van der Waals surface area contributed by atoms with E-state index in [4.69, 9.17) is 0 Å². The van der Waals surface area contributed by atoms with Gasteiger partial charge in [-0.1, -0.05) is 19.1 Å². The summed E-state index contributed by atoms with van der Waals surface area (Å²) in [4.78, 5) is 4.33. The zero-order valence-electron chi connectivity index (χ0n) is 14.1. The average molecular weight is 388 g/mol. The first-order chi connectivity index (χ1) is 12.2. The van der Waals surface area contributed by atoms with Gasteiger partial charge in [-0.05, 0) is 24.1 Å². The summed E-state index contributed by atoms with van der Waals surface area (Å²) in [5.41, 5.74) is 0.0217. The van der Waals surface area contributed by atoms with Crippen LogP contribution in [-0.2, 0) is 35.8 Å². The van der Waals surface area contributed by atoms with E-state index in [0.29, 0.717) is 25.8 Å². The SMILES string of the molecule is CCc1nc2n(n1)C[C@H](NS(=O)(=O)c1ccc(CC(F)(F)F)cc1)CC2. The number of nitrogens with zero attached hydrogens (tertiary/aromatic N) is 3. The standard InChI is InChI=1S/C16H19F3N4O2S/c1-2-14-20-15-8-5-12(10-23(15)21-14)22-26(24,25)13-6-3-11(4-7-13)9-16(17,18)19/h3-4,6-7,12,22H,2,5,8-10H2,1H3/t12-/m1/s1. The zero-order chi connectivity index (χ0) is 18.9. The Kier molecular flexibility index (Phi) is 5.07. The van der Waals surface area contributed by atoms with Gasteiger partial charge in [0, 0.05) is 18.9 Å². The van der Waals surface area contributed by atoms with Gasteiger partial charge in [0.15, 0.2) is 5.82 Å². The van der Waals surface area contributed by atoms with E-state index >= 15 is 0 Å². The number of nitrogens with one attached hydrogen (secondary N) is 1. The maximum absolute atomic E-state index is 12.5. The molecule has 1 N–H and O–H groups in total. The summed E-state index contributed by atoms with van der Waals surface area (Å²) >= 11 is 0. The van der Waals surface area contributed by atoms with Crippen molar-refractivity contribution >= 4 is 10.0 Å². The van der Waals surface area contributed by atoms with Crippen molar-refractivity contribution in [1.82, 2.24) is 19.5 Å². The third-order valence-corrected chi connectivity index (χ3v) is 5.71. The fraction of sp³-hybridized carbons (Fsp3) is 0.500. The molecule has 0 amide bonds. The Morgan fingerprint density at radius 1 is 1.27 bits per heavy atom. The van der Waals surface area contributed by atoms with E-state index in [9.17, 15) is 21.6 Å². The van der Waals surface area contributed by atoms with Crippen LogP contribution in [0.15, 0.2) is 29.2 Å². The maximum atomic E-state index is 12.5. The second-order valence-corrected chi connectivity index (χ2v) is 7.99. The smallest absolute Gasteiger partial charge is 0.248 e. The average Bonchev–Trinajstić information content (AvgIpc) is 2.96. The molecule has 3 rings (SSSR count). The quantitative estimate of drug-likeness (QED) is 0.852. The molecule has 0 fully saturated rings. The van der Waals surface area contributed by atoms with Crippen LogP contribution in [0, 0.1) is 0 Å². The molecule has 10 heteroatoms. The molecule has 0 radical (unpaired) electrons. The first-order valence-corrected chi connectivity index (χ1v) is 9.75. The molecule has 0 saturated heterocycles. The van der Waals surface area contributed by atoms with E-state index in [2.05, 4.69) is 14.8 Å². The molecule has 6 nitrogen and oxygen atoms in total. The highest BCUT2D eigenvalue weighted by Crippen LogP contribution is 2.22. The van der Waals surface area contributed by atoms with E-state index in [-0.39, 0.29) is 16.5 Å². The minimum atomic E-state index is -4.33. The summed E-state index contributed by atoms with van der Waals surface area (Å²) in [6.45, 7) is 2.33. The Bertz CT molecular complexity index is 876. The molecule has 1 aromatic heterocycles. The number of benzene rings is 1. The molecule has 2 aromatic rings. The van der Waals surface area contributed by atoms with Crippen LogP contribution < -0.4 is 4.72 Å². The lowest BCUT2D eigenvalue weighted by molar-refractivity contribution is -0.127. The predicted molar refractivity (Wildman–Crippen MR) is 88.0 cm³/mol. The molecule has 0 bridgehead atoms. The van der Waals surface area contributed by atoms with Crippen LogP contribution in [0.25, 0.3) is 0 Å². The van der Waals surface area contributed by atoms with Crippen LogP contribution in [0.4, 0.5) is 13.2 Å². The molecule has 1 aliphatic rings. The monoisotopic (exact) mass is 388 g/mol. The topological polar surface area (TPSA) is 76.9 Å². The van der Waals surface area contributed by atoms with Gasteiger partial charge in [-0.15, -0.1) is 0 Å². The molecule has 0 saturated carbocycles. The van der Waals surface area contributed by atoms with E-state index < -0.39 is 22.6 Å². The molecular formula is C16H19F3N4O2S. The van der Waals surface area contributed by atoms with Gasteiger partial charge in [-0.3, -0.25) is 0 Å². The van der Waals surface area contributed by atoms with Crippen LogP contribution >= 0.6 is 0 Å². The number of aryl methyl sites for hydroxylation is 2. The summed E-state index contributed by atoms with van der Waals surface area (Å²) in [5, 5.41) is 4.33. The van der Waals surface area contributed by atoms with Gasteiger partial charge in [0.05, 0.1) is 17.9 Å². The fourth-order valence-corrected chi connectivity index (χ4v) is 4.17. The third kappa shape index (κ3) is 4.42. The van der Waals surface area contributed by atoms with Crippen LogP contribution in [-0.4, -0.2) is 35.4 Å². The van der Waals surface area contributed by atoms with Gasteiger partial charge >= 0.3 is 6.18 Å². The second-order valence-electron chi connectivity index (χ2n) is 6.27. The van der Waals surface area contributed by atoms with E-state index in [1.54, 1.807) is 4.68 Å². The summed E-state index contributed by atoms with van der Waals surface area (Å²) < 4.78 is 66.5. The largest absolute Gasteiger partial charge is 0.393 e. The van der Waals surface area contributed by atoms with Gasteiger partial charge in [0.25, 0.3) is 0 Å². The van der Waals surface area contributed by atoms with E-state index in [1.165, 1.54) is 24.3 Å². The summed E-state index contributed by atoms with van der Waals surface area (Å²) in [6, 6.07) is 4.43. The van der Waals surface area contributed by atoms with Gasteiger partial charge in [-0.2, -0.15) is 18.3 Å². The minimum Gasteiger partial charge on any atom is -0.248 e. The van der Waals surface area contributed by atoms with Gasteiger partial charge in [0.1, 0.15) is 5.82 Å². The molecule has 0 aliphatic carbocycles. The van der Waals surface area contributed by atoms with Gasteiger partial charge in [0.2, 0.25) is 10.0 Å². The summed E-state index contributed by atoms with van der Waals surface area (Å²) in [7, 11) is -3.81. The highest BCUT2D eigenvalue weighted by Gasteiger charge is 2.29. The van der Waals surface area contributed by atoms with Crippen LogP contribution in [0.1, 0.15) is 30.6 Å². The number of hydrogen-bond donors (Lipinski definition) is 1. The van der Waals surface area contributed by atoms with Gasteiger partial charge in [-0.25, -0.2) is 22.8 Å². The first-order valence-electron chi connectivity index (χ1n) is 8.27. The lowest BCUT2D eigenvalue weighted by atomic mass is 10.1. The van der Waals surface area contributed by atoms with Crippen LogP contribution in [0.2, 0.25) is 0 Å². The van der Waals surface area contributed by atoms with Crippen molar-refractivity contribution in [3.05, 3.63) is 41.5 Å². The number of hydrogen-bond acceptors (Lipinski definition) is 4. The molecule has 1 atom stereocenters. The molecule has 142 valence electrons. The Hall–Kier alpha value is -1.94. The fourth-order valence-electron chi connectivity index (χ4n) is 2.91. The highest BCUT2D eigenvalue weighted by atomic mass is 32.2. The minimum absolute atomic E-state index is 0.0217. The van der Waals surface area contributed by atoms with Crippen molar-refractivity contribution < 1.29 is 21.6 Å². The lowest BCUT2D eigenvalue weighted by Crippen LogP contribution is -2.41. The normalized spacial score (nSPS) is 17.9. The molecule has 26 heavy (non-hydrogen) atoms. The van der Waals surface area contributed by atoms with Crippen LogP contribution in [0.5, 0.6) is 0 Å². The van der Waals surface area contributed by atoms with E-state index in [0.717, 1.165) is 11.6 Å². The maximum Gasteiger partial charge on any atom is 0.393 e. The highest BCUT2D eigenvalue weighted by molar-refractivity contribution is 7.89. The molecule has 1 aliphatic heterocycles. The van der Waals surface area contributed by atoms with Crippen molar-refractivity contribution in [2.45, 2.75) is 56.3 Å². The number of fused-ring (bicyclic) bond motifs is 1. The molecule has 1 aromatic carbocycles. The molecule has 2 heterocycles. The van der Waals surface area contributed by atoms with Crippen LogP contribution in [0.3, 0.4) is 0 Å². The number of aromatic nitrogens is 3. The molecule has 0 spiro atoms. The number of sulfonamides is 1. The number of rotatable bonds is 5. The summed E-state index contributed by atoms with van der Waals surface area (Å²) in [6.07, 6.45) is -3.50. The Labute approximate surface area is 149 Å². The number of halogens is 3. The number of alkyl halides is 3. The first kappa shape index (κ1) is 18.8. The van der Waals surface area contributed by atoms with Crippen molar-refractivity contribution in [2.24, 2.45) is 0 Å². The van der Waals surface area contributed by atoms with Crippen molar-refractivity contribution in [3.63, 3.8) is 0 Å². The Morgan fingerprint density at radius 2 is 1.96 bits per heavy atom. The predicted octanol–water partition coefficient (Wildman–Crippen LogP) is 2.24. The van der Waals surface area contributed by atoms with Crippen molar-refractivity contribution in [1.29, 1.82) is 0 Å².